The zero-order chi connectivity index (χ0) is 10.2. The molecule has 0 radical (unpaired) electrons. The fourth-order valence-electron chi connectivity index (χ4n) is 1.39. The van der Waals surface area contributed by atoms with Crippen molar-refractivity contribution in [3.63, 3.8) is 0 Å². The van der Waals surface area contributed by atoms with Gasteiger partial charge in [-0.25, -0.2) is 4.39 Å². The van der Waals surface area contributed by atoms with Crippen LogP contribution >= 0.6 is 15.9 Å². The highest BCUT2D eigenvalue weighted by Crippen LogP contribution is 2.37. The molecule has 4 heteroatoms. The Bertz CT molecular complexity index is 350. The van der Waals surface area contributed by atoms with E-state index < -0.39 is 5.67 Å². The summed E-state index contributed by atoms with van der Waals surface area (Å²) in [7, 11) is 1.56. The van der Waals surface area contributed by atoms with E-state index in [0.29, 0.717) is 11.3 Å². The van der Waals surface area contributed by atoms with Crippen molar-refractivity contribution < 1.29 is 13.9 Å². The maximum atomic E-state index is 13.9. The molecule has 76 valence electrons. The average molecular weight is 261 g/mol. The number of hydrogen-bond donors (Lipinski definition) is 0. The summed E-state index contributed by atoms with van der Waals surface area (Å²) in [5.74, 6) is 0.645. The van der Waals surface area contributed by atoms with Gasteiger partial charge in [0, 0.05) is 0 Å². The van der Waals surface area contributed by atoms with Crippen LogP contribution in [0.15, 0.2) is 22.7 Å². The molecule has 0 aliphatic carbocycles. The van der Waals surface area contributed by atoms with Crippen LogP contribution in [0.4, 0.5) is 4.39 Å². The van der Waals surface area contributed by atoms with Crippen LogP contribution in [0.2, 0.25) is 0 Å². The summed E-state index contributed by atoms with van der Waals surface area (Å²) in [6.07, 6.45) is 0. The number of ether oxygens (including phenoxy) is 2. The molecule has 0 spiro atoms. The first kappa shape index (κ1) is 9.93. The molecule has 14 heavy (non-hydrogen) atoms. The first-order chi connectivity index (χ1) is 6.65. The number of methoxy groups -OCH3 is 1. The zero-order valence-electron chi connectivity index (χ0n) is 7.72. The molecule has 1 heterocycles. The molecular weight excluding hydrogens is 251 g/mol. The van der Waals surface area contributed by atoms with Gasteiger partial charge in [0.1, 0.15) is 5.75 Å². The van der Waals surface area contributed by atoms with Gasteiger partial charge < -0.3 is 9.47 Å². The third-order valence-corrected chi connectivity index (χ3v) is 2.99. The van der Waals surface area contributed by atoms with Crippen LogP contribution in [0.25, 0.3) is 0 Å². The van der Waals surface area contributed by atoms with Crippen LogP contribution in [-0.2, 0) is 10.4 Å². The number of alkyl halides is 1. The third kappa shape index (κ3) is 1.53. The van der Waals surface area contributed by atoms with E-state index in [1.165, 1.54) is 0 Å². The fraction of sp³-hybridized carbons (Fsp3) is 0.400. The molecular formula is C10H10BrFO2. The average Bonchev–Trinajstić information content (AvgIpc) is 2.15. The van der Waals surface area contributed by atoms with Gasteiger partial charge in [-0.1, -0.05) is 6.07 Å². The summed E-state index contributed by atoms with van der Waals surface area (Å²) in [4.78, 5) is 0. The van der Waals surface area contributed by atoms with Gasteiger partial charge >= 0.3 is 0 Å². The summed E-state index contributed by atoms with van der Waals surface area (Å²) in [6.45, 7) is 0.273. The lowest BCUT2D eigenvalue weighted by molar-refractivity contribution is -0.135. The predicted octanol–water partition coefficient (Wildman–Crippen LogP) is 2.65. The Labute approximate surface area is 90.1 Å². The molecule has 1 aromatic carbocycles. The standard InChI is InChI=1S/C10H10BrFO2/c1-13-9-4-7(2-3-8(9)11)10(12)5-14-6-10/h2-4H,5-6H2,1H3. The smallest absolute Gasteiger partial charge is 0.182 e. The summed E-state index contributed by atoms with van der Waals surface area (Å²) in [6, 6.07) is 5.23. The van der Waals surface area contributed by atoms with Crippen molar-refractivity contribution in [3.8, 4) is 5.75 Å². The van der Waals surface area contributed by atoms with Crippen LogP contribution in [-0.4, -0.2) is 20.3 Å². The van der Waals surface area contributed by atoms with Gasteiger partial charge in [0.05, 0.1) is 24.8 Å². The van der Waals surface area contributed by atoms with Crippen molar-refractivity contribution in [3.05, 3.63) is 28.2 Å². The van der Waals surface area contributed by atoms with Crippen LogP contribution in [0.1, 0.15) is 5.56 Å². The minimum Gasteiger partial charge on any atom is -0.496 e. The van der Waals surface area contributed by atoms with E-state index in [2.05, 4.69) is 15.9 Å². The molecule has 0 atom stereocenters. The summed E-state index contributed by atoms with van der Waals surface area (Å²) >= 11 is 3.32. The molecule has 0 saturated carbocycles. The van der Waals surface area contributed by atoms with Crippen molar-refractivity contribution in [1.82, 2.24) is 0 Å². The van der Waals surface area contributed by atoms with E-state index in [-0.39, 0.29) is 13.2 Å². The van der Waals surface area contributed by atoms with Gasteiger partial charge in [-0.2, -0.15) is 0 Å². The number of halogens is 2. The second-order valence-electron chi connectivity index (χ2n) is 3.31. The highest BCUT2D eigenvalue weighted by molar-refractivity contribution is 9.10. The topological polar surface area (TPSA) is 18.5 Å². The predicted molar refractivity (Wildman–Crippen MR) is 54.3 cm³/mol. The Balaban J connectivity index is 2.35. The summed E-state index contributed by atoms with van der Waals surface area (Å²) < 4.78 is 24.7. The van der Waals surface area contributed by atoms with Gasteiger partial charge in [0.15, 0.2) is 5.67 Å². The normalized spacial score (nSPS) is 18.8. The molecule has 1 fully saturated rings. The Morgan fingerprint density at radius 2 is 2.21 bits per heavy atom. The van der Waals surface area contributed by atoms with Crippen molar-refractivity contribution in [1.29, 1.82) is 0 Å². The van der Waals surface area contributed by atoms with E-state index in [1.54, 1.807) is 25.3 Å². The molecule has 2 rings (SSSR count). The van der Waals surface area contributed by atoms with Crippen molar-refractivity contribution in [2.75, 3.05) is 20.3 Å². The monoisotopic (exact) mass is 260 g/mol. The minimum absolute atomic E-state index is 0.137. The van der Waals surface area contributed by atoms with E-state index in [9.17, 15) is 4.39 Å². The summed E-state index contributed by atoms with van der Waals surface area (Å²) in [5, 5.41) is 0. The van der Waals surface area contributed by atoms with E-state index >= 15 is 0 Å². The molecule has 0 N–H and O–H groups in total. The van der Waals surface area contributed by atoms with Crippen molar-refractivity contribution in [2.45, 2.75) is 5.67 Å². The molecule has 0 unspecified atom stereocenters. The van der Waals surface area contributed by atoms with Crippen molar-refractivity contribution in [2.24, 2.45) is 0 Å². The second-order valence-corrected chi connectivity index (χ2v) is 4.16. The van der Waals surface area contributed by atoms with E-state index in [4.69, 9.17) is 9.47 Å². The van der Waals surface area contributed by atoms with Gasteiger partial charge in [-0.05, 0) is 33.6 Å². The number of benzene rings is 1. The maximum Gasteiger partial charge on any atom is 0.182 e. The first-order valence-corrected chi connectivity index (χ1v) is 5.06. The largest absolute Gasteiger partial charge is 0.496 e. The molecule has 1 aliphatic rings. The first-order valence-electron chi connectivity index (χ1n) is 4.26. The van der Waals surface area contributed by atoms with Gasteiger partial charge in [0.2, 0.25) is 0 Å². The van der Waals surface area contributed by atoms with E-state index in [1.807, 2.05) is 0 Å². The van der Waals surface area contributed by atoms with Crippen LogP contribution in [0.5, 0.6) is 5.75 Å². The second kappa shape index (κ2) is 3.51. The Kier molecular flexibility index (Phi) is 2.49. The van der Waals surface area contributed by atoms with Crippen LogP contribution in [0, 0.1) is 0 Å². The molecule has 0 aromatic heterocycles. The number of hydrogen-bond acceptors (Lipinski definition) is 2. The highest BCUT2D eigenvalue weighted by Gasteiger charge is 2.40. The van der Waals surface area contributed by atoms with Crippen LogP contribution in [0.3, 0.4) is 0 Å². The SMILES string of the molecule is COc1cc(C2(F)COC2)ccc1Br. The minimum atomic E-state index is -1.33. The quantitative estimate of drug-likeness (QED) is 0.814. The summed E-state index contributed by atoms with van der Waals surface area (Å²) in [5.41, 5.74) is -0.711. The molecule has 1 aromatic rings. The third-order valence-electron chi connectivity index (χ3n) is 2.33. The van der Waals surface area contributed by atoms with Gasteiger partial charge in [-0.15, -0.1) is 0 Å². The lowest BCUT2D eigenvalue weighted by Gasteiger charge is -2.34. The zero-order valence-corrected chi connectivity index (χ0v) is 9.30. The molecule has 0 amide bonds. The Morgan fingerprint density at radius 3 is 2.71 bits per heavy atom. The Hall–Kier alpha value is -0.610. The van der Waals surface area contributed by atoms with Crippen LogP contribution < -0.4 is 4.74 Å². The van der Waals surface area contributed by atoms with Gasteiger partial charge in [0.25, 0.3) is 0 Å². The molecule has 1 aliphatic heterocycles. The highest BCUT2D eigenvalue weighted by atomic mass is 79.9. The Morgan fingerprint density at radius 1 is 1.50 bits per heavy atom. The lowest BCUT2D eigenvalue weighted by atomic mass is 9.94. The van der Waals surface area contributed by atoms with Crippen molar-refractivity contribution >= 4 is 15.9 Å². The maximum absolute atomic E-state index is 13.9. The molecule has 0 bridgehead atoms. The van der Waals surface area contributed by atoms with Gasteiger partial charge in [-0.3, -0.25) is 0 Å². The fourth-order valence-corrected chi connectivity index (χ4v) is 1.79. The molecule has 2 nitrogen and oxygen atoms in total. The lowest BCUT2D eigenvalue weighted by Crippen LogP contribution is -2.42. The van der Waals surface area contributed by atoms with E-state index in [0.717, 1.165) is 4.47 Å². The molecule has 1 saturated heterocycles. The number of rotatable bonds is 2.